The lowest BCUT2D eigenvalue weighted by atomic mass is 9.86. The fourth-order valence-corrected chi connectivity index (χ4v) is 4.67. The van der Waals surface area contributed by atoms with Gasteiger partial charge in [-0.25, -0.2) is 4.39 Å². The number of nitrogens with zero attached hydrogens (tertiary/aromatic N) is 3. The predicted molar refractivity (Wildman–Crippen MR) is 104 cm³/mol. The summed E-state index contributed by atoms with van der Waals surface area (Å²) in [5, 5.41) is 10.4. The molecule has 1 fully saturated rings. The van der Waals surface area contributed by atoms with Crippen molar-refractivity contribution in [3.8, 4) is 6.07 Å². The van der Waals surface area contributed by atoms with Gasteiger partial charge in [-0.15, -0.1) is 0 Å². The molecule has 136 valence electrons. The molecular weight excluding hydrogens is 361 g/mol. The zero-order valence-electron chi connectivity index (χ0n) is 14.9. The quantitative estimate of drug-likeness (QED) is 0.778. The Morgan fingerprint density at radius 1 is 1.19 bits per heavy atom. The minimum absolute atomic E-state index is 0.0819. The average molecular weight is 379 g/mol. The number of fused-ring (bicyclic) bond motifs is 1. The summed E-state index contributed by atoms with van der Waals surface area (Å²) in [6, 6.07) is 16.8. The Hall–Kier alpha value is -2.78. The number of nitriles is 1. The minimum atomic E-state index is -0.520. The summed E-state index contributed by atoms with van der Waals surface area (Å²) in [6.45, 7) is 2.44. The molecule has 1 saturated heterocycles. The third-order valence-electron chi connectivity index (χ3n) is 4.97. The van der Waals surface area contributed by atoms with Gasteiger partial charge >= 0.3 is 0 Å². The Morgan fingerprint density at radius 2 is 1.93 bits per heavy atom. The third-order valence-corrected chi connectivity index (χ3v) is 6.13. The van der Waals surface area contributed by atoms with Gasteiger partial charge in [-0.05, 0) is 30.7 Å². The van der Waals surface area contributed by atoms with E-state index in [1.807, 2.05) is 31.2 Å². The molecule has 0 saturated carbocycles. The molecule has 4 rings (SSSR count). The number of rotatable bonds is 2. The van der Waals surface area contributed by atoms with E-state index in [1.165, 1.54) is 23.4 Å². The predicted octanol–water partition coefficient (Wildman–Crippen LogP) is 4.35. The van der Waals surface area contributed by atoms with Gasteiger partial charge in [-0.1, -0.05) is 47.7 Å². The summed E-state index contributed by atoms with van der Waals surface area (Å²) in [6.07, 6.45) is 0.107. The molecule has 2 aliphatic rings. The normalized spacial score (nSPS) is 19.7. The number of allylic oxidation sites excluding steroid dienone is 1. The van der Waals surface area contributed by atoms with Crippen molar-refractivity contribution in [2.45, 2.75) is 19.3 Å². The van der Waals surface area contributed by atoms with E-state index in [1.54, 1.807) is 23.1 Å². The number of carbonyl (C=O) groups excluding carboxylic acids is 1. The Labute approximate surface area is 161 Å². The molecule has 2 aromatic rings. The van der Waals surface area contributed by atoms with Crippen LogP contribution in [0, 0.1) is 24.1 Å². The number of benzene rings is 2. The fraction of sp³-hybridized carbons (Fsp3) is 0.238. The highest BCUT2D eigenvalue weighted by Crippen LogP contribution is 2.43. The van der Waals surface area contributed by atoms with Crippen LogP contribution in [-0.4, -0.2) is 23.4 Å². The third kappa shape index (κ3) is 3.19. The van der Waals surface area contributed by atoms with Gasteiger partial charge in [-0.2, -0.15) is 5.26 Å². The smallest absolute Gasteiger partial charge is 0.229 e. The largest absolute Gasteiger partial charge is 0.344 e. The van der Waals surface area contributed by atoms with Gasteiger partial charge in [-0.3, -0.25) is 9.69 Å². The fourth-order valence-electron chi connectivity index (χ4n) is 3.50. The molecule has 0 spiro atoms. The van der Waals surface area contributed by atoms with Gasteiger partial charge in [0, 0.05) is 18.0 Å². The van der Waals surface area contributed by atoms with Crippen molar-refractivity contribution >= 4 is 23.4 Å². The maximum atomic E-state index is 14.3. The van der Waals surface area contributed by atoms with E-state index in [0.29, 0.717) is 28.7 Å². The van der Waals surface area contributed by atoms with Gasteiger partial charge in [0.05, 0.1) is 29.2 Å². The van der Waals surface area contributed by atoms with E-state index >= 15 is 0 Å². The van der Waals surface area contributed by atoms with Gasteiger partial charge in [0.1, 0.15) is 5.82 Å². The SMILES string of the molecule is Cc1ccc(N2CSC3=C(C#N)[C@@H](c4ccccc4F)CC(=O)N3C2)cc1. The van der Waals surface area contributed by atoms with Crippen LogP contribution in [0.1, 0.15) is 23.5 Å². The number of hydrogen-bond acceptors (Lipinski definition) is 4. The van der Waals surface area contributed by atoms with Crippen LogP contribution in [0.4, 0.5) is 10.1 Å². The number of aryl methyl sites for hydroxylation is 1. The van der Waals surface area contributed by atoms with Gasteiger partial charge < -0.3 is 4.90 Å². The summed E-state index contributed by atoms with van der Waals surface area (Å²) in [4.78, 5) is 16.6. The van der Waals surface area contributed by atoms with Gasteiger partial charge in [0.15, 0.2) is 0 Å². The second-order valence-electron chi connectivity index (χ2n) is 6.72. The lowest BCUT2D eigenvalue weighted by Crippen LogP contribution is -2.47. The topological polar surface area (TPSA) is 47.3 Å². The van der Waals surface area contributed by atoms with Crippen molar-refractivity contribution < 1.29 is 9.18 Å². The molecule has 0 aliphatic carbocycles. The maximum Gasteiger partial charge on any atom is 0.229 e. The zero-order chi connectivity index (χ0) is 19.0. The highest BCUT2D eigenvalue weighted by atomic mass is 32.2. The first kappa shape index (κ1) is 17.6. The summed E-state index contributed by atoms with van der Waals surface area (Å²) in [5.74, 6) is -0.341. The van der Waals surface area contributed by atoms with E-state index in [0.717, 1.165) is 5.69 Å². The van der Waals surface area contributed by atoms with Crippen molar-refractivity contribution in [1.82, 2.24) is 4.90 Å². The first-order valence-corrected chi connectivity index (χ1v) is 9.70. The number of anilines is 1. The van der Waals surface area contributed by atoms with Crippen LogP contribution in [0.5, 0.6) is 0 Å². The molecular formula is C21H18FN3OS. The lowest BCUT2D eigenvalue weighted by Gasteiger charge is -2.42. The Morgan fingerprint density at radius 3 is 2.63 bits per heavy atom. The zero-order valence-corrected chi connectivity index (χ0v) is 15.7. The summed E-state index contributed by atoms with van der Waals surface area (Å²) in [7, 11) is 0. The molecule has 2 aromatic carbocycles. The highest BCUT2D eigenvalue weighted by Gasteiger charge is 2.39. The van der Waals surface area contributed by atoms with Crippen LogP contribution in [-0.2, 0) is 4.79 Å². The lowest BCUT2D eigenvalue weighted by molar-refractivity contribution is -0.129. The first-order chi connectivity index (χ1) is 13.1. The van der Waals surface area contributed by atoms with Crippen molar-refractivity contribution in [3.05, 3.63) is 76.1 Å². The molecule has 0 bridgehead atoms. The van der Waals surface area contributed by atoms with Crippen LogP contribution in [0.25, 0.3) is 0 Å². The van der Waals surface area contributed by atoms with Crippen LogP contribution >= 0.6 is 11.8 Å². The molecule has 6 heteroatoms. The number of carbonyl (C=O) groups is 1. The molecule has 27 heavy (non-hydrogen) atoms. The number of thioether (sulfide) groups is 1. The summed E-state index contributed by atoms with van der Waals surface area (Å²) in [5.41, 5.74) is 3.11. The van der Waals surface area contributed by atoms with Crippen molar-refractivity contribution in [2.24, 2.45) is 0 Å². The highest BCUT2D eigenvalue weighted by molar-refractivity contribution is 8.03. The second-order valence-corrected chi connectivity index (χ2v) is 7.65. The Bertz CT molecular complexity index is 964. The molecule has 0 aromatic heterocycles. The van der Waals surface area contributed by atoms with Crippen molar-refractivity contribution in [1.29, 1.82) is 5.26 Å². The first-order valence-electron chi connectivity index (χ1n) is 8.72. The number of hydrogen-bond donors (Lipinski definition) is 0. The van der Waals surface area contributed by atoms with E-state index in [9.17, 15) is 14.4 Å². The van der Waals surface area contributed by atoms with E-state index < -0.39 is 5.92 Å². The molecule has 1 amide bonds. The van der Waals surface area contributed by atoms with E-state index in [-0.39, 0.29) is 18.1 Å². The number of amides is 1. The van der Waals surface area contributed by atoms with E-state index in [2.05, 4.69) is 11.0 Å². The van der Waals surface area contributed by atoms with Crippen LogP contribution in [0.15, 0.2) is 59.1 Å². The van der Waals surface area contributed by atoms with Crippen molar-refractivity contribution in [2.75, 3.05) is 17.4 Å². The molecule has 0 N–H and O–H groups in total. The Balaban J connectivity index is 1.68. The molecule has 2 heterocycles. The molecule has 4 nitrogen and oxygen atoms in total. The maximum absolute atomic E-state index is 14.3. The molecule has 1 atom stereocenters. The summed E-state index contributed by atoms with van der Waals surface area (Å²) >= 11 is 1.46. The van der Waals surface area contributed by atoms with Crippen molar-refractivity contribution in [3.63, 3.8) is 0 Å². The van der Waals surface area contributed by atoms with Crippen LogP contribution < -0.4 is 4.90 Å². The number of halogens is 1. The van der Waals surface area contributed by atoms with Crippen LogP contribution in [0.3, 0.4) is 0 Å². The standard InChI is InChI=1S/C21H18FN3OS/c1-14-6-8-15(9-7-14)24-12-25-20(26)10-17(16-4-2-3-5-19(16)22)18(11-23)21(25)27-13-24/h2-9,17H,10,12-13H2,1H3/t17-/m1/s1. The average Bonchev–Trinajstić information content (AvgIpc) is 2.69. The van der Waals surface area contributed by atoms with Gasteiger partial charge in [0.2, 0.25) is 5.91 Å². The van der Waals surface area contributed by atoms with Crippen LogP contribution in [0.2, 0.25) is 0 Å². The monoisotopic (exact) mass is 379 g/mol. The molecule has 2 aliphatic heterocycles. The van der Waals surface area contributed by atoms with E-state index in [4.69, 9.17) is 0 Å². The van der Waals surface area contributed by atoms with Gasteiger partial charge in [0.25, 0.3) is 0 Å². The molecule has 0 radical (unpaired) electrons. The minimum Gasteiger partial charge on any atom is -0.344 e. The molecule has 0 unspecified atom stereocenters. The Kier molecular flexibility index (Phi) is 4.63. The second kappa shape index (κ2) is 7.09. The summed E-state index contributed by atoms with van der Waals surface area (Å²) < 4.78 is 14.3.